The topological polar surface area (TPSA) is 57.1 Å². The quantitative estimate of drug-likeness (QED) is 0.630. The normalized spacial score (nSPS) is 17.9. The number of alkyl halides is 1. The van der Waals surface area contributed by atoms with Crippen molar-refractivity contribution < 1.29 is 19.1 Å². The van der Waals surface area contributed by atoms with E-state index in [1.165, 1.54) is 0 Å². The Balaban J connectivity index is 2.01. The Morgan fingerprint density at radius 2 is 2.22 bits per heavy atom. The van der Waals surface area contributed by atoms with Crippen LogP contribution in [-0.4, -0.2) is 36.8 Å². The van der Waals surface area contributed by atoms with Gasteiger partial charge in [-0.25, -0.2) is 4.79 Å². The predicted molar refractivity (Wildman–Crippen MR) is 69.4 cm³/mol. The first-order valence-corrected chi connectivity index (χ1v) is 6.46. The number of esters is 1. The maximum Gasteiger partial charge on any atom is 0.338 e. The van der Waals surface area contributed by atoms with Crippen LogP contribution in [0, 0.1) is 0 Å². The maximum atomic E-state index is 11.9. The molecule has 0 saturated carbocycles. The van der Waals surface area contributed by atoms with Gasteiger partial charge in [-0.1, -0.05) is 21.1 Å². The van der Waals surface area contributed by atoms with E-state index in [0.29, 0.717) is 22.4 Å². The lowest BCUT2D eigenvalue weighted by molar-refractivity contribution is 0.0292. The summed E-state index contributed by atoms with van der Waals surface area (Å²) in [6, 6.07) is 6.73. The second-order valence-corrected chi connectivity index (χ2v) is 4.20. The molecule has 0 amide bonds. The Morgan fingerprint density at radius 1 is 1.50 bits per heavy atom. The molecule has 1 aromatic rings. The molecule has 2 rings (SSSR count). The molecule has 0 aliphatic carbocycles. The van der Waals surface area contributed by atoms with Crippen molar-refractivity contribution in [2.75, 3.05) is 19.0 Å². The Labute approximate surface area is 113 Å². The summed E-state index contributed by atoms with van der Waals surface area (Å²) in [4.78, 5) is 16.8. The zero-order valence-electron chi connectivity index (χ0n) is 9.76. The zero-order valence-corrected chi connectivity index (χ0v) is 11.3. The van der Waals surface area contributed by atoms with Gasteiger partial charge in [0.2, 0.25) is 0 Å². The van der Waals surface area contributed by atoms with Crippen molar-refractivity contribution in [2.24, 2.45) is 5.16 Å². The van der Waals surface area contributed by atoms with E-state index in [0.717, 1.165) is 0 Å². The minimum Gasteiger partial charge on any atom is -0.497 e. The molecule has 1 aliphatic heterocycles. The van der Waals surface area contributed by atoms with Gasteiger partial charge in [0.1, 0.15) is 11.5 Å². The molecule has 1 heterocycles. The van der Waals surface area contributed by atoms with E-state index >= 15 is 0 Å². The van der Waals surface area contributed by atoms with E-state index in [9.17, 15) is 4.79 Å². The number of nitrogens with zero attached hydrogens (tertiary/aromatic N) is 1. The molecular weight excluding hydrogens is 302 g/mol. The molecule has 1 atom stereocenters. The third-order valence-corrected chi connectivity index (χ3v) is 3.07. The number of oxime groups is 1. The van der Waals surface area contributed by atoms with E-state index in [2.05, 4.69) is 21.1 Å². The summed E-state index contributed by atoms with van der Waals surface area (Å²) in [5.74, 6) is 0.292. The lowest BCUT2D eigenvalue weighted by atomic mass is 10.2. The summed E-state index contributed by atoms with van der Waals surface area (Å²) in [6.45, 7) is 0.267. The van der Waals surface area contributed by atoms with Crippen molar-refractivity contribution >= 4 is 27.6 Å². The maximum absolute atomic E-state index is 11.9. The van der Waals surface area contributed by atoms with Crippen molar-refractivity contribution in [3.05, 3.63) is 29.8 Å². The Bertz CT molecular complexity index is 458. The number of methoxy groups -OCH3 is 1. The van der Waals surface area contributed by atoms with E-state index in [4.69, 9.17) is 14.3 Å². The van der Waals surface area contributed by atoms with Gasteiger partial charge in [-0.3, -0.25) is 0 Å². The van der Waals surface area contributed by atoms with E-state index < -0.39 is 12.1 Å². The van der Waals surface area contributed by atoms with Crippen LogP contribution in [0.3, 0.4) is 0 Å². The number of benzene rings is 1. The lowest BCUT2D eigenvalue weighted by Gasteiger charge is -2.11. The standard InChI is InChI=1S/C12H12BrNO4/c1-16-9-4-2-8(3-5-9)12(15)18-11-7-17-14-10(11)6-13/h2-5,11H,6-7H2,1H3. The smallest absolute Gasteiger partial charge is 0.338 e. The number of carbonyl (C=O) groups excluding carboxylic acids is 1. The summed E-state index contributed by atoms with van der Waals surface area (Å²) in [6.07, 6.45) is -0.418. The van der Waals surface area contributed by atoms with Crippen LogP contribution in [0.2, 0.25) is 0 Å². The molecule has 1 aliphatic rings. The average Bonchev–Trinajstić information content (AvgIpc) is 2.86. The fourth-order valence-corrected chi connectivity index (χ4v) is 1.94. The third-order valence-electron chi connectivity index (χ3n) is 2.49. The third kappa shape index (κ3) is 2.81. The van der Waals surface area contributed by atoms with Crippen LogP contribution in [-0.2, 0) is 9.57 Å². The van der Waals surface area contributed by atoms with Crippen molar-refractivity contribution in [3.8, 4) is 5.75 Å². The second-order valence-electron chi connectivity index (χ2n) is 3.63. The van der Waals surface area contributed by atoms with Crippen molar-refractivity contribution in [2.45, 2.75) is 6.10 Å². The molecule has 1 unspecified atom stereocenters. The molecule has 0 saturated heterocycles. The lowest BCUT2D eigenvalue weighted by Crippen LogP contribution is -2.27. The summed E-state index contributed by atoms with van der Waals surface area (Å²) in [7, 11) is 1.57. The zero-order chi connectivity index (χ0) is 13.0. The molecule has 0 fully saturated rings. The van der Waals surface area contributed by atoms with Gasteiger partial charge in [0.15, 0.2) is 12.7 Å². The van der Waals surface area contributed by atoms with Gasteiger partial charge in [0.05, 0.1) is 12.7 Å². The molecule has 6 heteroatoms. The molecule has 1 aromatic carbocycles. The Hall–Kier alpha value is -1.56. The summed E-state index contributed by atoms with van der Waals surface area (Å²) < 4.78 is 10.3. The van der Waals surface area contributed by atoms with Crippen LogP contribution in [0.5, 0.6) is 5.75 Å². The number of carbonyl (C=O) groups is 1. The van der Waals surface area contributed by atoms with Gasteiger partial charge in [0.25, 0.3) is 0 Å². The van der Waals surface area contributed by atoms with E-state index in [1.807, 2.05) is 0 Å². The Morgan fingerprint density at radius 3 is 2.83 bits per heavy atom. The summed E-state index contributed by atoms with van der Waals surface area (Å²) in [5, 5.41) is 4.30. The van der Waals surface area contributed by atoms with E-state index in [-0.39, 0.29) is 6.61 Å². The number of hydrogen-bond donors (Lipinski definition) is 0. The number of rotatable bonds is 4. The van der Waals surface area contributed by atoms with Gasteiger partial charge in [0, 0.05) is 5.33 Å². The molecular formula is C12H12BrNO4. The van der Waals surface area contributed by atoms with Gasteiger partial charge in [-0.2, -0.15) is 0 Å². The number of hydrogen-bond acceptors (Lipinski definition) is 5. The molecule has 96 valence electrons. The van der Waals surface area contributed by atoms with Gasteiger partial charge in [-0.05, 0) is 24.3 Å². The highest BCUT2D eigenvalue weighted by Gasteiger charge is 2.26. The highest BCUT2D eigenvalue weighted by molar-refractivity contribution is 9.09. The minimum atomic E-state index is -0.418. The van der Waals surface area contributed by atoms with Crippen LogP contribution in [0.15, 0.2) is 29.4 Å². The molecule has 18 heavy (non-hydrogen) atoms. The highest BCUT2D eigenvalue weighted by Crippen LogP contribution is 2.15. The molecule has 0 radical (unpaired) electrons. The molecule has 0 N–H and O–H groups in total. The molecule has 0 spiro atoms. The van der Waals surface area contributed by atoms with Gasteiger partial charge < -0.3 is 14.3 Å². The first-order valence-electron chi connectivity index (χ1n) is 5.34. The fraction of sp³-hybridized carbons (Fsp3) is 0.333. The van der Waals surface area contributed by atoms with Crippen LogP contribution in [0.1, 0.15) is 10.4 Å². The first-order chi connectivity index (χ1) is 8.74. The van der Waals surface area contributed by atoms with Crippen LogP contribution in [0.4, 0.5) is 0 Å². The van der Waals surface area contributed by atoms with Crippen molar-refractivity contribution in [1.82, 2.24) is 0 Å². The summed E-state index contributed by atoms with van der Waals surface area (Å²) in [5.41, 5.74) is 1.15. The largest absolute Gasteiger partial charge is 0.497 e. The number of ether oxygens (including phenoxy) is 2. The molecule has 5 nitrogen and oxygen atoms in total. The average molecular weight is 314 g/mol. The Kier molecular flexibility index (Phi) is 4.19. The second kappa shape index (κ2) is 5.86. The van der Waals surface area contributed by atoms with Crippen LogP contribution >= 0.6 is 15.9 Å². The molecule has 0 bridgehead atoms. The summed E-state index contributed by atoms with van der Waals surface area (Å²) >= 11 is 3.26. The predicted octanol–water partition coefficient (Wildman–Crippen LogP) is 2.00. The van der Waals surface area contributed by atoms with E-state index in [1.54, 1.807) is 31.4 Å². The van der Waals surface area contributed by atoms with Gasteiger partial charge in [-0.15, -0.1) is 0 Å². The van der Waals surface area contributed by atoms with Crippen molar-refractivity contribution in [3.63, 3.8) is 0 Å². The number of halogens is 1. The monoisotopic (exact) mass is 313 g/mol. The minimum absolute atomic E-state index is 0.267. The van der Waals surface area contributed by atoms with Gasteiger partial charge >= 0.3 is 5.97 Å². The fourth-order valence-electron chi connectivity index (χ4n) is 1.48. The SMILES string of the molecule is COc1ccc(C(=O)OC2CON=C2CBr)cc1. The van der Waals surface area contributed by atoms with Crippen LogP contribution < -0.4 is 4.74 Å². The first kappa shape index (κ1) is 12.9. The highest BCUT2D eigenvalue weighted by atomic mass is 79.9. The molecule has 0 aromatic heterocycles. The van der Waals surface area contributed by atoms with Crippen molar-refractivity contribution in [1.29, 1.82) is 0 Å². The van der Waals surface area contributed by atoms with Crippen LogP contribution in [0.25, 0.3) is 0 Å².